The highest BCUT2D eigenvalue weighted by Gasteiger charge is 2.30. The zero-order valence-electron chi connectivity index (χ0n) is 22.3. The van der Waals surface area contributed by atoms with Crippen LogP contribution in [-0.2, 0) is 34.3 Å². The first-order valence-electron chi connectivity index (χ1n) is 12.1. The van der Waals surface area contributed by atoms with Crippen molar-refractivity contribution in [3.63, 3.8) is 0 Å². The van der Waals surface area contributed by atoms with Crippen LogP contribution < -0.4 is 9.04 Å². The van der Waals surface area contributed by atoms with Crippen molar-refractivity contribution in [3.05, 3.63) is 82.8 Å². The van der Waals surface area contributed by atoms with Crippen LogP contribution in [0.3, 0.4) is 0 Å². The average Bonchev–Trinajstić information content (AvgIpc) is 3.32. The van der Waals surface area contributed by atoms with E-state index in [0.717, 1.165) is 41.0 Å². The molecule has 0 bridgehead atoms. The van der Waals surface area contributed by atoms with E-state index in [0.29, 0.717) is 24.5 Å². The van der Waals surface area contributed by atoms with E-state index in [1.54, 1.807) is 27.2 Å². The van der Waals surface area contributed by atoms with Gasteiger partial charge < -0.3 is 14.3 Å². The highest BCUT2D eigenvalue weighted by molar-refractivity contribution is 7.92. The first-order chi connectivity index (χ1) is 17.3. The molecule has 8 nitrogen and oxygen atoms in total. The van der Waals surface area contributed by atoms with Crippen LogP contribution in [-0.4, -0.2) is 49.8 Å². The summed E-state index contributed by atoms with van der Waals surface area (Å²) in [6.07, 6.45) is 3.62. The van der Waals surface area contributed by atoms with Gasteiger partial charge in [0, 0.05) is 20.1 Å². The predicted octanol–water partition coefficient (Wildman–Crippen LogP) is 4.78. The van der Waals surface area contributed by atoms with Gasteiger partial charge in [0.2, 0.25) is 10.0 Å². The smallest absolute Gasteiger partial charge is 0.347 e. The summed E-state index contributed by atoms with van der Waals surface area (Å²) >= 11 is 0. The molecular formula is C28H36N2O6S. The van der Waals surface area contributed by atoms with Gasteiger partial charge in [0.15, 0.2) is 5.60 Å². The molecule has 0 spiro atoms. The van der Waals surface area contributed by atoms with Crippen molar-refractivity contribution >= 4 is 21.7 Å². The van der Waals surface area contributed by atoms with Crippen molar-refractivity contribution in [1.82, 2.24) is 4.90 Å². The first-order valence-corrected chi connectivity index (χ1v) is 13.9. The molecule has 0 fully saturated rings. The van der Waals surface area contributed by atoms with Crippen LogP contribution in [0.1, 0.15) is 41.9 Å². The van der Waals surface area contributed by atoms with E-state index in [1.165, 1.54) is 10.6 Å². The van der Waals surface area contributed by atoms with Crippen LogP contribution >= 0.6 is 0 Å². The van der Waals surface area contributed by atoms with Crippen LogP contribution in [0.4, 0.5) is 5.69 Å². The van der Waals surface area contributed by atoms with Crippen molar-refractivity contribution in [1.29, 1.82) is 0 Å². The molecule has 3 rings (SSSR count). The van der Waals surface area contributed by atoms with Gasteiger partial charge >= 0.3 is 5.97 Å². The highest BCUT2D eigenvalue weighted by atomic mass is 32.2. The molecule has 0 amide bonds. The van der Waals surface area contributed by atoms with Crippen molar-refractivity contribution in [2.24, 2.45) is 0 Å². The first kappa shape index (κ1) is 28.3. The Morgan fingerprint density at radius 2 is 1.65 bits per heavy atom. The van der Waals surface area contributed by atoms with Gasteiger partial charge in [0.05, 0.1) is 24.8 Å². The Hall–Kier alpha value is -3.30. The van der Waals surface area contributed by atoms with E-state index < -0.39 is 21.6 Å². The summed E-state index contributed by atoms with van der Waals surface area (Å²) in [6, 6.07) is 15.4. The third-order valence-electron chi connectivity index (χ3n) is 6.27. The fourth-order valence-corrected chi connectivity index (χ4v) is 4.54. The Labute approximate surface area is 219 Å². The van der Waals surface area contributed by atoms with Gasteiger partial charge in [-0.25, -0.2) is 13.2 Å². The number of benzene rings is 2. The normalized spacial score (nSPS) is 12.1. The number of furan rings is 1. The summed E-state index contributed by atoms with van der Waals surface area (Å²) in [4.78, 5) is 13.8. The predicted molar refractivity (Wildman–Crippen MR) is 144 cm³/mol. The zero-order valence-corrected chi connectivity index (χ0v) is 23.1. The second-order valence-electron chi connectivity index (χ2n) is 9.91. The van der Waals surface area contributed by atoms with Gasteiger partial charge in [0.25, 0.3) is 0 Å². The number of carboxylic acid groups (broad SMARTS) is 1. The molecule has 0 atom stereocenters. The van der Waals surface area contributed by atoms with Gasteiger partial charge in [-0.1, -0.05) is 24.3 Å². The number of aryl methyl sites for hydroxylation is 2. The van der Waals surface area contributed by atoms with Crippen molar-refractivity contribution in [2.45, 2.75) is 52.8 Å². The van der Waals surface area contributed by atoms with Gasteiger partial charge in [-0.3, -0.25) is 9.21 Å². The monoisotopic (exact) mass is 528 g/mol. The Bertz CT molecular complexity index is 1290. The molecule has 200 valence electrons. The molecule has 2 aromatic carbocycles. The van der Waals surface area contributed by atoms with Gasteiger partial charge in [-0.15, -0.1) is 0 Å². The number of carbonyl (C=O) groups is 1. The molecule has 9 heteroatoms. The minimum atomic E-state index is -3.31. The van der Waals surface area contributed by atoms with Gasteiger partial charge in [0.1, 0.15) is 11.5 Å². The van der Waals surface area contributed by atoms with Crippen LogP contribution in [0.2, 0.25) is 0 Å². The lowest BCUT2D eigenvalue weighted by Crippen LogP contribution is -2.38. The molecule has 0 aliphatic heterocycles. The maximum atomic E-state index is 11.8. The van der Waals surface area contributed by atoms with Gasteiger partial charge in [-0.2, -0.15) is 0 Å². The lowest BCUT2D eigenvalue weighted by Gasteiger charge is -2.26. The Morgan fingerprint density at radius 3 is 2.16 bits per heavy atom. The lowest BCUT2D eigenvalue weighted by molar-refractivity contribution is -0.152. The molecule has 37 heavy (non-hydrogen) atoms. The minimum Gasteiger partial charge on any atom is -0.478 e. The number of rotatable bonds is 12. The maximum absolute atomic E-state index is 11.8. The summed E-state index contributed by atoms with van der Waals surface area (Å²) in [7, 11) is -1.77. The summed E-state index contributed by atoms with van der Waals surface area (Å²) in [5.74, 6) is 0.436. The largest absolute Gasteiger partial charge is 0.478 e. The van der Waals surface area contributed by atoms with E-state index in [4.69, 9.17) is 9.15 Å². The number of hydrogen-bond acceptors (Lipinski definition) is 6. The number of carboxylic acids is 1. The summed E-state index contributed by atoms with van der Waals surface area (Å²) < 4.78 is 36.3. The molecule has 0 saturated carbocycles. The molecular weight excluding hydrogens is 492 g/mol. The second-order valence-corrected chi connectivity index (χ2v) is 11.9. The van der Waals surface area contributed by atoms with Crippen molar-refractivity contribution in [2.75, 3.05) is 24.2 Å². The SMILES string of the molecule is Cc1cc(CN(CCc2ccc(N(C)S(C)(=O)=O)cc2)Cc2ccco2)cc(C)c1OC(C)(C)C(=O)O. The van der Waals surface area contributed by atoms with Crippen molar-refractivity contribution in [3.8, 4) is 5.75 Å². The van der Waals surface area contributed by atoms with Crippen LogP contribution in [0.15, 0.2) is 59.2 Å². The van der Waals surface area contributed by atoms with Crippen molar-refractivity contribution < 1.29 is 27.5 Å². The number of anilines is 1. The highest BCUT2D eigenvalue weighted by Crippen LogP contribution is 2.29. The fourth-order valence-electron chi connectivity index (χ4n) is 4.04. The Morgan fingerprint density at radius 1 is 1.03 bits per heavy atom. The van der Waals surface area contributed by atoms with E-state index in [2.05, 4.69) is 4.90 Å². The standard InChI is InChI=1S/C28H36N2O6S/c1-20-16-23(17-21(2)26(20)36-28(3,4)27(31)32)18-30(19-25-8-7-15-35-25)14-13-22-9-11-24(12-10-22)29(5)37(6,33)34/h7-12,15-17H,13-14,18-19H2,1-6H3,(H,31,32). The summed E-state index contributed by atoms with van der Waals surface area (Å²) in [5.41, 5.74) is 3.25. The summed E-state index contributed by atoms with van der Waals surface area (Å²) in [6.45, 7) is 8.98. The fraction of sp³-hybridized carbons (Fsp3) is 0.393. The molecule has 1 aromatic heterocycles. The number of hydrogen-bond donors (Lipinski definition) is 1. The molecule has 0 unspecified atom stereocenters. The molecule has 0 radical (unpaired) electrons. The van der Waals surface area contributed by atoms with E-state index in [1.807, 2.05) is 62.4 Å². The molecule has 0 aliphatic carbocycles. The van der Waals surface area contributed by atoms with Gasteiger partial charge in [-0.05, 0) is 80.6 Å². The number of sulfonamides is 1. The number of ether oxygens (including phenoxy) is 1. The van der Waals surface area contributed by atoms with Crippen LogP contribution in [0.25, 0.3) is 0 Å². The molecule has 3 aromatic rings. The average molecular weight is 529 g/mol. The van der Waals surface area contributed by atoms with E-state index in [-0.39, 0.29) is 0 Å². The van der Waals surface area contributed by atoms with E-state index >= 15 is 0 Å². The zero-order chi connectivity index (χ0) is 27.4. The second kappa shape index (κ2) is 11.4. The Balaban J connectivity index is 1.76. The third-order valence-corrected chi connectivity index (χ3v) is 7.48. The molecule has 1 heterocycles. The number of aliphatic carboxylic acids is 1. The topological polar surface area (TPSA) is 100 Å². The molecule has 1 N–H and O–H groups in total. The lowest BCUT2D eigenvalue weighted by atomic mass is 10.0. The third kappa shape index (κ3) is 7.60. The van der Waals surface area contributed by atoms with Crippen LogP contribution in [0.5, 0.6) is 5.75 Å². The summed E-state index contributed by atoms with van der Waals surface area (Å²) in [5, 5.41) is 9.44. The van der Waals surface area contributed by atoms with Crippen LogP contribution in [0, 0.1) is 13.8 Å². The number of nitrogens with zero attached hydrogens (tertiary/aromatic N) is 2. The Kier molecular flexibility index (Phi) is 8.71. The molecule has 0 aliphatic rings. The van der Waals surface area contributed by atoms with E-state index in [9.17, 15) is 18.3 Å². The minimum absolute atomic E-state index is 0.591. The maximum Gasteiger partial charge on any atom is 0.347 e. The quantitative estimate of drug-likeness (QED) is 0.361. The molecule has 0 saturated heterocycles.